The van der Waals surface area contributed by atoms with E-state index in [9.17, 15) is 19.7 Å². The van der Waals surface area contributed by atoms with Crippen LogP contribution >= 0.6 is 0 Å². The van der Waals surface area contributed by atoms with Crippen LogP contribution in [-0.2, 0) is 4.79 Å². The van der Waals surface area contributed by atoms with E-state index in [-0.39, 0.29) is 23.5 Å². The van der Waals surface area contributed by atoms with Gasteiger partial charge >= 0.3 is 0 Å². The van der Waals surface area contributed by atoms with E-state index in [0.717, 1.165) is 6.54 Å². The minimum atomic E-state index is -0.440. The van der Waals surface area contributed by atoms with Crippen LogP contribution < -0.4 is 10.2 Å². The lowest BCUT2D eigenvalue weighted by Crippen LogP contribution is -2.52. The van der Waals surface area contributed by atoms with Gasteiger partial charge in [-0.3, -0.25) is 19.7 Å². The molecule has 146 valence electrons. The number of anilines is 1. The van der Waals surface area contributed by atoms with E-state index in [1.54, 1.807) is 21.9 Å². The maximum atomic E-state index is 12.8. The van der Waals surface area contributed by atoms with Crippen LogP contribution in [0.15, 0.2) is 18.2 Å². The fourth-order valence-electron chi connectivity index (χ4n) is 3.64. The highest BCUT2D eigenvalue weighted by Gasteiger charge is 2.28. The second kappa shape index (κ2) is 7.91. The molecule has 1 N–H and O–H groups in total. The zero-order valence-electron chi connectivity index (χ0n) is 15.7. The summed E-state index contributed by atoms with van der Waals surface area (Å²) in [6.07, 6.45) is 0. The van der Waals surface area contributed by atoms with Crippen molar-refractivity contribution in [2.24, 2.45) is 0 Å². The van der Waals surface area contributed by atoms with Crippen LogP contribution in [0.5, 0.6) is 0 Å². The van der Waals surface area contributed by atoms with Crippen LogP contribution in [0.1, 0.15) is 24.2 Å². The van der Waals surface area contributed by atoms with Crippen molar-refractivity contribution in [2.75, 3.05) is 50.7 Å². The first-order valence-corrected chi connectivity index (χ1v) is 9.19. The van der Waals surface area contributed by atoms with Gasteiger partial charge in [-0.25, -0.2) is 0 Å². The first-order valence-electron chi connectivity index (χ1n) is 9.19. The highest BCUT2D eigenvalue weighted by Crippen LogP contribution is 2.30. The molecule has 2 amide bonds. The molecule has 0 aromatic heterocycles. The zero-order valence-corrected chi connectivity index (χ0v) is 15.7. The van der Waals surface area contributed by atoms with E-state index in [1.165, 1.54) is 13.0 Å². The molecule has 2 aliphatic heterocycles. The summed E-state index contributed by atoms with van der Waals surface area (Å²) < 4.78 is 0. The second-order valence-corrected chi connectivity index (χ2v) is 7.01. The van der Waals surface area contributed by atoms with Crippen LogP contribution in [0.3, 0.4) is 0 Å². The van der Waals surface area contributed by atoms with E-state index in [4.69, 9.17) is 0 Å². The van der Waals surface area contributed by atoms with E-state index >= 15 is 0 Å². The molecule has 1 aromatic rings. The first-order chi connectivity index (χ1) is 12.9. The Balaban J connectivity index is 1.82. The van der Waals surface area contributed by atoms with E-state index in [2.05, 4.69) is 5.32 Å². The average Bonchev–Trinajstić information content (AvgIpc) is 2.67. The Hall–Kier alpha value is -2.68. The fourth-order valence-corrected chi connectivity index (χ4v) is 3.64. The third kappa shape index (κ3) is 4.02. The third-order valence-electron chi connectivity index (χ3n) is 5.25. The lowest BCUT2D eigenvalue weighted by molar-refractivity contribution is -0.384. The van der Waals surface area contributed by atoms with Gasteiger partial charge in [0.2, 0.25) is 5.91 Å². The van der Waals surface area contributed by atoms with Gasteiger partial charge in [0.15, 0.2) is 0 Å². The Bertz CT molecular complexity index is 745. The zero-order chi connectivity index (χ0) is 19.6. The van der Waals surface area contributed by atoms with Gasteiger partial charge in [0.1, 0.15) is 5.69 Å². The summed E-state index contributed by atoms with van der Waals surface area (Å²) in [5.74, 6) is -0.171. The summed E-state index contributed by atoms with van der Waals surface area (Å²) in [6, 6.07) is 4.74. The van der Waals surface area contributed by atoms with Gasteiger partial charge in [-0.1, -0.05) is 0 Å². The van der Waals surface area contributed by atoms with E-state index in [0.29, 0.717) is 50.5 Å². The summed E-state index contributed by atoms with van der Waals surface area (Å²) >= 11 is 0. The first kappa shape index (κ1) is 19.1. The normalized spacial score (nSPS) is 20.5. The van der Waals surface area contributed by atoms with Crippen LogP contribution in [-0.4, -0.2) is 78.4 Å². The molecule has 0 aliphatic carbocycles. The van der Waals surface area contributed by atoms with Crippen LogP contribution in [0.2, 0.25) is 0 Å². The monoisotopic (exact) mass is 375 g/mol. The molecule has 27 heavy (non-hydrogen) atoms. The maximum Gasteiger partial charge on any atom is 0.293 e. The number of hydrogen-bond acceptors (Lipinski definition) is 6. The quantitative estimate of drug-likeness (QED) is 0.617. The van der Waals surface area contributed by atoms with Gasteiger partial charge in [0, 0.05) is 70.4 Å². The molecule has 0 saturated carbocycles. The molecular formula is C18H25N5O4. The number of amides is 2. The summed E-state index contributed by atoms with van der Waals surface area (Å²) in [7, 11) is 0. The Morgan fingerprint density at radius 1 is 1.19 bits per heavy atom. The third-order valence-corrected chi connectivity index (χ3v) is 5.25. The number of nitro groups is 1. The molecule has 0 bridgehead atoms. The standard InChI is InChI=1S/C18H25N5O4/c1-13-12-19-5-6-22(13)18(25)15-3-4-16(17(11-15)23(26)27)21-9-7-20(8-10-21)14(2)24/h3-4,11,13,19H,5-10,12H2,1-2H3. The Morgan fingerprint density at radius 2 is 1.89 bits per heavy atom. The lowest BCUT2D eigenvalue weighted by atomic mass is 10.1. The van der Waals surface area contributed by atoms with Gasteiger partial charge in [-0.2, -0.15) is 0 Å². The van der Waals surface area contributed by atoms with E-state index in [1.807, 2.05) is 11.8 Å². The van der Waals surface area contributed by atoms with Crippen LogP contribution in [0.25, 0.3) is 0 Å². The molecule has 2 aliphatic rings. The number of piperazine rings is 2. The Labute approximate surface area is 158 Å². The molecule has 0 spiro atoms. The van der Waals surface area contributed by atoms with Crippen molar-refractivity contribution in [3.8, 4) is 0 Å². The topological polar surface area (TPSA) is 99.0 Å². The van der Waals surface area contributed by atoms with Crippen LogP contribution in [0, 0.1) is 10.1 Å². The van der Waals surface area contributed by atoms with Crippen molar-refractivity contribution in [2.45, 2.75) is 19.9 Å². The van der Waals surface area contributed by atoms with Crippen molar-refractivity contribution < 1.29 is 14.5 Å². The summed E-state index contributed by atoms with van der Waals surface area (Å²) in [5.41, 5.74) is 0.759. The molecule has 2 heterocycles. The molecule has 2 fully saturated rings. The van der Waals surface area contributed by atoms with Crippen molar-refractivity contribution >= 4 is 23.2 Å². The average molecular weight is 375 g/mol. The number of nitrogens with one attached hydrogen (secondary N) is 1. The lowest BCUT2D eigenvalue weighted by Gasteiger charge is -2.35. The smallest absolute Gasteiger partial charge is 0.293 e. The largest absolute Gasteiger partial charge is 0.362 e. The molecule has 3 rings (SSSR count). The van der Waals surface area contributed by atoms with Crippen molar-refractivity contribution in [3.63, 3.8) is 0 Å². The van der Waals surface area contributed by atoms with E-state index < -0.39 is 4.92 Å². The Kier molecular flexibility index (Phi) is 5.59. The van der Waals surface area contributed by atoms with Gasteiger partial charge in [-0.15, -0.1) is 0 Å². The second-order valence-electron chi connectivity index (χ2n) is 7.01. The number of benzene rings is 1. The van der Waals surface area contributed by atoms with Crippen molar-refractivity contribution in [1.82, 2.24) is 15.1 Å². The molecule has 1 aromatic carbocycles. The SMILES string of the molecule is CC(=O)N1CCN(c2ccc(C(=O)N3CCNCC3C)cc2[N+](=O)[O-])CC1. The van der Waals surface area contributed by atoms with Gasteiger partial charge in [0.05, 0.1) is 4.92 Å². The molecule has 2 saturated heterocycles. The molecule has 1 unspecified atom stereocenters. The minimum Gasteiger partial charge on any atom is -0.362 e. The maximum absolute atomic E-state index is 12.8. The van der Waals surface area contributed by atoms with Crippen molar-refractivity contribution in [3.05, 3.63) is 33.9 Å². The summed E-state index contributed by atoms with van der Waals surface area (Å²) in [4.78, 5) is 40.8. The summed E-state index contributed by atoms with van der Waals surface area (Å²) in [5, 5.41) is 14.9. The summed E-state index contributed by atoms with van der Waals surface area (Å²) in [6.45, 7) is 7.63. The number of carbonyl (C=O) groups excluding carboxylic acids is 2. The molecule has 1 atom stereocenters. The number of hydrogen-bond donors (Lipinski definition) is 1. The van der Waals surface area contributed by atoms with Crippen LogP contribution in [0.4, 0.5) is 11.4 Å². The van der Waals surface area contributed by atoms with Crippen molar-refractivity contribution in [1.29, 1.82) is 0 Å². The highest BCUT2D eigenvalue weighted by molar-refractivity contribution is 5.96. The number of carbonyl (C=O) groups is 2. The molecular weight excluding hydrogens is 350 g/mol. The predicted molar refractivity (Wildman–Crippen MR) is 101 cm³/mol. The number of nitro benzene ring substituents is 1. The molecule has 0 radical (unpaired) electrons. The predicted octanol–water partition coefficient (Wildman–Crippen LogP) is 0.697. The Morgan fingerprint density at radius 3 is 2.48 bits per heavy atom. The number of rotatable bonds is 3. The minimum absolute atomic E-state index is 0.00948. The highest BCUT2D eigenvalue weighted by atomic mass is 16.6. The number of nitrogens with zero attached hydrogens (tertiary/aromatic N) is 4. The molecule has 9 heteroatoms. The molecule has 9 nitrogen and oxygen atoms in total. The fraction of sp³-hybridized carbons (Fsp3) is 0.556. The van der Waals surface area contributed by atoms with Gasteiger partial charge < -0.3 is 20.0 Å². The van der Waals surface area contributed by atoms with Gasteiger partial charge in [-0.05, 0) is 19.1 Å². The van der Waals surface area contributed by atoms with Gasteiger partial charge in [0.25, 0.3) is 11.6 Å².